The van der Waals surface area contributed by atoms with Crippen LogP contribution in [0.25, 0.3) is 0 Å². The van der Waals surface area contributed by atoms with Gasteiger partial charge in [-0.25, -0.2) is 9.97 Å². The Balaban J connectivity index is 1.59. The quantitative estimate of drug-likeness (QED) is 0.754. The van der Waals surface area contributed by atoms with Crippen molar-refractivity contribution in [3.8, 4) is 5.88 Å². The number of benzene rings is 1. The fraction of sp³-hybridized carbons (Fsp3) is 0.111. The maximum Gasteiger partial charge on any atom is 0.270 e. The fourth-order valence-electron chi connectivity index (χ4n) is 2.05. The number of carbonyl (C=O) groups excluding carboxylic acids is 1. The fourth-order valence-corrected chi connectivity index (χ4v) is 2.05. The van der Waals surface area contributed by atoms with Crippen molar-refractivity contribution in [1.29, 1.82) is 0 Å². The zero-order chi connectivity index (χ0) is 16.6. The van der Waals surface area contributed by atoms with Crippen molar-refractivity contribution in [1.82, 2.24) is 20.3 Å². The molecular formula is C18H16N4O2. The van der Waals surface area contributed by atoms with E-state index in [1.54, 1.807) is 12.4 Å². The van der Waals surface area contributed by atoms with Crippen LogP contribution >= 0.6 is 0 Å². The summed E-state index contributed by atoms with van der Waals surface area (Å²) in [7, 11) is 0. The zero-order valence-electron chi connectivity index (χ0n) is 12.9. The summed E-state index contributed by atoms with van der Waals surface area (Å²) in [6.07, 6.45) is 4.71. The van der Waals surface area contributed by atoms with Gasteiger partial charge in [-0.1, -0.05) is 36.4 Å². The molecule has 0 atom stereocenters. The third-order valence-electron chi connectivity index (χ3n) is 3.28. The molecule has 2 heterocycles. The minimum Gasteiger partial charge on any atom is -0.473 e. The molecule has 120 valence electrons. The Kier molecular flexibility index (Phi) is 5.09. The number of rotatable bonds is 6. The van der Waals surface area contributed by atoms with E-state index >= 15 is 0 Å². The molecular weight excluding hydrogens is 304 g/mol. The molecule has 1 aromatic carbocycles. The standard InChI is InChI=1S/C18H16N4O2/c23-18(20-11-15-7-4-8-19-10-15)16-9-17(22-13-21-16)24-12-14-5-2-1-3-6-14/h1-10,13H,11-12H2,(H,20,23). The summed E-state index contributed by atoms with van der Waals surface area (Å²) < 4.78 is 5.60. The molecule has 0 fully saturated rings. The molecule has 1 amide bonds. The van der Waals surface area contributed by atoms with Crippen molar-refractivity contribution in [3.05, 3.63) is 84.1 Å². The second-order valence-corrected chi connectivity index (χ2v) is 5.06. The summed E-state index contributed by atoms with van der Waals surface area (Å²) in [6.45, 7) is 0.769. The highest BCUT2D eigenvalue weighted by molar-refractivity contribution is 5.92. The van der Waals surface area contributed by atoms with Crippen LogP contribution in [-0.4, -0.2) is 20.9 Å². The van der Waals surface area contributed by atoms with Gasteiger partial charge in [-0.2, -0.15) is 0 Å². The van der Waals surface area contributed by atoms with E-state index in [2.05, 4.69) is 20.3 Å². The smallest absolute Gasteiger partial charge is 0.270 e. The minimum atomic E-state index is -0.286. The molecule has 0 saturated carbocycles. The van der Waals surface area contributed by atoms with E-state index in [4.69, 9.17) is 4.74 Å². The summed E-state index contributed by atoms with van der Waals surface area (Å²) >= 11 is 0. The molecule has 0 bridgehead atoms. The average molecular weight is 320 g/mol. The van der Waals surface area contributed by atoms with Gasteiger partial charge in [0.2, 0.25) is 5.88 Å². The van der Waals surface area contributed by atoms with E-state index in [1.807, 2.05) is 42.5 Å². The number of carbonyl (C=O) groups is 1. The van der Waals surface area contributed by atoms with Crippen molar-refractivity contribution in [2.24, 2.45) is 0 Å². The zero-order valence-corrected chi connectivity index (χ0v) is 12.9. The molecule has 0 unspecified atom stereocenters. The third-order valence-corrected chi connectivity index (χ3v) is 3.28. The molecule has 2 aromatic heterocycles. The Hall–Kier alpha value is -3.28. The number of ether oxygens (including phenoxy) is 1. The van der Waals surface area contributed by atoms with Crippen LogP contribution in [0.3, 0.4) is 0 Å². The van der Waals surface area contributed by atoms with Crippen LogP contribution in [0.1, 0.15) is 21.6 Å². The monoisotopic (exact) mass is 320 g/mol. The van der Waals surface area contributed by atoms with Crippen LogP contribution in [-0.2, 0) is 13.2 Å². The molecule has 0 spiro atoms. The lowest BCUT2D eigenvalue weighted by Gasteiger charge is -2.07. The predicted octanol–water partition coefficient (Wildman–Crippen LogP) is 2.38. The van der Waals surface area contributed by atoms with Gasteiger partial charge in [0.15, 0.2) is 0 Å². The van der Waals surface area contributed by atoms with Crippen LogP contribution in [0.2, 0.25) is 0 Å². The van der Waals surface area contributed by atoms with Gasteiger partial charge >= 0.3 is 0 Å². The maximum absolute atomic E-state index is 12.2. The van der Waals surface area contributed by atoms with E-state index in [0.29, 0.717) is 19.0 Å². The number of hydrogen-bond donors (Lipinski definition) is 1. The lowest BCUT2D eigenvalue weighted by atomic mass is 10.2. The lowest BCUT2D eigenvalue weighted by molar-refractivity contribution is 0.0945. The first kappa shape index (κ1) is 15.6. The molecule has 3 aromatic rings. The molecule has 1 N–H and O–H groups in total. The highest BCUT2D eigenvalue weighted by Crippen LogP contribution is 2.10. The minimum absolute atomic E-state index is 0.261. The van der Waals surface area contributed by atoms with Gasteiger partial charge in [-0.05, 0) is 17.2 Å². The lowest BCUT2D eigenvalue weighted by Crippen LogP contribution is -2.24. The van der Waals surface area contributed by atoms with Crippen LogP contribution < -0.4 is 10.1 Å². The number of pyridine rings is 1. The van der Waals surface area contributed by atoms with Crippen LogP contribution in [0.4, 0.5) is 0 Å². The molecule has 6 heteroatoms. The first-order valence-electron chi connectivity index (χ1n) is 7.47. The van der Waals surface area contributed by atoms with Crippen LogP contribution in [0.5, 0.6) is 5.88 Å². The van der Waals surface area contributed by atoms with Gasteiger partial charge in [0.1, 0.15) is 18.6 Å². The molecule has 0 aliphatic heterocycles. The van der Waals surface area contributed by atoms with Crippen molar-refractivity contribution in [2.75, 3.05) is 0 Å². The number of amides is 1. The average Bonchev–Trinajstić information content (AvgIpc) is 2.66. The van der Waals surface area contributed by atoms with Crippen molar-refractivity contribution < 1.29 is 9.53 Å². The van der Waals surface area contributed by atoms with Crippen molar-refractivity contribution >= 4 is 5.91 Å². The Labute approximate surface area is 139 Å². The van der Waals surface area contributed by atoms with Gasteiger partial charge in [0, 0.05) is 25.0 Å². The molecule has 0 radical (unpaired) electrons. The number of nitrogens with one attached hydrogen (secondary N) is 1. The molecule has 0 aliphatic rings. The topological polar surface area (TPSA) is 77.0 Å². The highest BCUT2D eigenvalue weighted by Gasteiger charge is 2.09. The van der Waals surface area contributed by atoms with Gasteiger partial charge in [-0.3, -0.25) is 9.78 Å². The van der Waals surface area contributed by atoms with E-state index in [9.17, 15) is 4.79 Å². The molecule has 0 aliphatic carbocycles. The Morgan fingerprint density at radius 3 is 2.67 bits per heavy atom. The summed E-state index contributed by atoms with van der Waals surface area (Å²) in [6, 6.07) is 15.0. The van der Waals surface area contributed by atoms with Crippen molar-refractivity contribution in [2.45, 2.75) is 13.2 Å². The SMILES string of the molecule is O=C(NCc1cccnc1)c1cc(OCc2ccccc2)ncn1. The van der Waals surface area contributed by atoms with E-state index in [1.165, 1.54) is 12.4 Å². The number of hydrogen-bond acceptors (Lipinski definition) is 5. The first-order chi connectivity index (χ1) is 11.8. The first-order valence-corrected chi connectivity index (χ1v) is 7.47. The number of nitrogens with zero attached hydrogens (tertiary/aromatic N) is 3. The van der Waals surface area contributed by atoms with Gasteiger partial charge in [0.05, 0.1) is 0 Å². The van der Waals surface area contributed by atoms with E-state index in [-0.39, 0.29) is 11.6 Å². The predicted molar refractivity (Wildman–Crippen MR) is 88.2 cm³/mol. The largest absolute Gasteiger partial charge is 0.473 e. The maximum atomic E-state index is 12.2. The Morgan fingerprint density at radius 1 is 1.04 bits per heavy atom. The van der Waals surface area contributed by atoms with Gasteiger partial charge in [0.25, 0.3) is 5.91 Å². The second-order valence-electron chi connectivity index (χ2n) is 5.06. The van der Waals surface area contributed by atoms with E-state index < -0.39 is 0 Å². The third kappa shape index (κ3) is 4.36. The van der Waals surface area contributed by atoms with E-state index in [0.717, 1.165) is 11.1 Å². The van der Waals surface area contributed by atoms with Gasteiger partial charge in [-0.15, -0.1) is 0 Å². The Bertz CT molecular complexity index is 794. The normalized spacial score (nSPS) is 10.2. The second kappa shape index (κ2) is 7.82. The summed E-state index contributed by atoms with van der Waals surface area (Å²) in [5.74, 6) is 0.0752. The Morgan fingerprint density at radius 2 is 1.88 bits per heavy atom. The molecule has 24 heavy (non-hydrogen) atoms. The summed E-state index contributed by atoms with van der Waals surface area (Å²) in [4.78, 5) is 24.2. The summed E-state index contributed by atoms with van der Waals surface area (Å²) in [5, 5.41) is 2.79. The van der Waals surface area contributed by atoms with Crippen LogP contribution in [0.15, 0.2) is 67.3 Å². The number of aromatic nitrogens is 3. The highest BCUT2D eigenvalue weighted by atomic mass is 16.5. The summed E-state index contributed by atoms with van der Waals surface area (Å²) in [5.41, 5.74) is 2.20. The molecule has 3 rings (SSSR count). The van der Waals surface area contributed by atoms with Crippen LogP contribution in [0, 0.1) is 0 Å². The molecule has 0 saturated heterocycles. The van der Waals surface area contributed by atoms with Crippen molar-refractivity contribution in [3.63, 3.8) is 0 Å². The molecule has 6 nitrogen and oxygen atoms in total. The van der Waals surface area contributed by atoms with Gasteiger partial charge < -0.3 is 10.1 Å².